The SMILES string of the molecule is Cc1cc(S(=O)(=O)N2CCC(NCC3CC3)CC2)c(F)cc1F.Cl. The number of nitrogens with zero attached hydrogens (tertiary/aromatic N) is 1. The highest BCUT2D eigenvalue weighted by atomic mass is 35.5. The van der Waals surface area contributed by atoms with E-state index in [9.17, 15) is 17.2 Å². The lowest BCUT2D eigenvalue weighted by Crippen LogP contribution is -2.45. The molecule has 24 heavy (non-hydrogen) atoms. The molecule has 136 valence electrons. The molecule has 3 rings (SSSR count). The van der Waals surface area contributed by atoms with Crippen molar-refractivity contribution in [2.45, 2.75) is 43.5 Å². The van der Waals surface area contributed by atoms with Crippen LogP contribution in [-0.4, -0.2) is 38.4 Å². The number of nitrogens with one attached hydrogen (secondary N) is 1. The van der Waals surface area contributed by atoms with Crippen LogP contribution in [0.25, 0.3) is 0 Å². The molecule has 1 aliphatic heterocycles. The Hall–Kier alpha value is -0.760. The lowest BCUT2D eigenvalue weighted by molar-refractivity contribution is 0.287. The molecule has 0 unspecified atom stereocenters. The van der Waals surface area contributed by atoms with E-state index in [0.717, 1.165) is 18.5 Å². The first kappa shape index (κ1) is 19.6. The topological polar surface area (TPSA) is 49.4 Å². The molecule has 1 saturated carbocycles. The molecule has 8 heteroatoms. The van der Waals surface area contributed by atoms with Crippen molar-refractivity contribution in [1.29, 1.82) is 0 Å². The van der Waals surface area contributed by atoms with Crippen LogP contribution >= 0.6 is 12.4 Å². The smallest absolute Gasteiger partial charge is 0.245 e. The van der Waals surface area contributed by atoms with Crippen LogP contribution in [0.3, 0.4) is 0 Å². The second-order valence-corrected chi connectivity index (χ2v) is 8.47. The van der Waals surface area contributed by atoms with Crippen molar-refractivity contribution < 1.29 is 17.2 Å². The highest BCUT2D eigenvalue weighted by Gasteiger charge is 2.32. The molecular formula is C16H23ClF2N2O2S. The molecule has 2 fully saturated rings. The third kappa shape index (κ3) is 4.25. The maximum Gasteiger partial charge on any atom is 0.245 e. The van der Waals surface area contributed by atoms with Gasteiger partial charge in [0.05, 0.1) is 0 Å². The minimum Gasteiger partial charge on any atom is -0.314 e. The molecule has 0 radical (unpaired) electrons. The summed E-state index contributed by atoms with van der Waals surface area (Å²) in [5.74, 6) is -0.973. The number of rotatable bonds is 5. The summed E-state index contributed by atoms with van der Waals surface area (Å²) >= 11 is 0. The molecular weight excluding hydrogens is 358 g/mol. The van der Waals surface area contributed by atoms with Gasteiger partial charge in [0.25, 0.3) is 0 Å². The van der Waals surface area contributed by atoms with Crippen molar-refractivity contribution in [2.75, 3.05) is 19.6 Å². The summed E-state index contributed by atoms with van der Waals surface area (Å²) in [5, 5.41) is 3.48. The number of hydrogen-bond acceptors (Lipinski definition) is 3. The molecule has 0 spiro atoms. The van der Waals surface area contributed by atoms with E-state index < -0.39 is 26.6 Å². The van der Waals surface area contributed by atoms with Crippen LogP contribution in [-0.2, 0) is 10.0 Å². The van der Waals surface area contributed by atoms with Gasteiger partial charge in [0.1, 0.15) is 16.5 Å². The summed E-state index contributed by atoms with van der Waals surface area (Å²) in [4.78, 5) is -0.430. The number of hydrogen-bond donors (Lipinski definition) is 1. The average Bonchev–Trinajstić information content (AvgIpc) is 3.33. The predicted molar refractivity (Wildman–Crippen MR) is 90.9 cm³/mol. The van der Waals surface area contributed by atoms with Crippen molar-refractivity contribution in [1.82, 2.24) is 9.62 Å². The van der Waals surface area contributed by atoms with E-state index in [4.69, 9.17) is 0 Å². The Morgan fingerprint density at radius 2 is 1.75 bits per heavy atom. The zero-order chi connectivity index (χ0) is 16.6. The van der Waals surface area contributed by atoms with Gasteiger partial charge in [0, 0.05) is 25.2 Å². The first-order chi connectivity index (χ1) is 10.9. The van der Waals surface area contributed by atoms with Crippen LogP contribution in [0.4, 0.5) is 8.78 Å². The Kier molecular flexibility index (Phi) is 6.23. The summed E-state index contributed by atoms with van der Waals surface area (Å²) in [6.07, 6.45) is 3.99. The molecule has 1 aliphatic carbocycles. The van der Waals surface area contributed by atoms with E-state index in [-0.39, 0.29) is 18.0 Å². The fourth-order valence-electron chi connectivity index (χ4n) is 2.92. The lowest BCUT2D eigenvalue weighted by Gasteiger charge is -2.32. The van der Waals surface area contributed by atoms with Gasteiger partial charge in [-0.15, -0.1) is 12.4 Å². The molecule has 1 aromatic carbocycles. The van der Waals surface area contributed by atoms with E-state index in [1.807, 2.05) is 0 Å². The number of halogens is 3. The zero-order valence-corrected chi connectivity index (χ0v) is 15.2. The van der Waals surface area contributed by atoms with E-state index in [2.05, 4.69) is 5.32 Å². The van der Waals surface area contributed by atoms with Gasteiger partial charge in [-0.05, 0) is 56.7 Å². The van der Waals surface area contributed by atoms with Gasteiger partial charge >= 0.3 is 0 Å². The van der Waals surface area contributed by atoms with E-state index >= 15 is 0 Å². The summed E-state index contributed by atoms with van der Waals surface area (Å²) in [7, 11) is -3.91. The highest BCUT2D eigenvalue weighted by molar-refractivity contribution is 7.89. The largest absolute Gasteiger partial charge is 0.314 e. The highest BCUT2D eigenvalue weighted by Crippen LogP contribution is 2.29. The molecule has 1 aromatic rings. The second kappa shape index (κ2) is 7.64. The summed E-state index contributed by atoms with van der Waals surface area (Å²) < 4.78 is 53.8. The van der Waals surface area contributed by atoms with E-state index in [1.54, 1.807) is 0 Å². The minimum atomic E-state index is -3.91. The maximum absolute atomic E-state index is 13.9. The van der Waals surface area contributed by atoms with E-state index in [0.29, 0.717) is 38.0 Å². The first-order valence-electron chi connectivity index (χ1n) is 8.07. The molecule has 0 bridgehead atoms. The van der Waals surface area contributed by atoms with Gasteiger partial charge in [-0.2, -0.15) is 4.31 Å². The van der Waals surface area contributed by atoms with Crippen molar-refractivity contribution in [2.24, 2.45) is 5.92 Å². The number of piperidine rings is 1. The monoisotopic (exact) mass is 380 g/mol. The van der Waals surface area contributed by atoms with Crippen molar-refractivity contribution in [3.8, 4) is 0 Å². The van der Waals surface area contributed by atoms with Crippen LogP contribution in [0.2, 0.25) is 0 Å². The minimum absolute atomic E-state index is 0. The van der Waals surface area contributed by atoms with E-state index in [1.165, 1.54) is 24.1 Å². The van der Waals surface area contributed by atoms with Crippen LogP contribution in [0.5, 0.6) is 0 Å². The van der Waals surface area contributed by atoms with Gasteiger partial charge in [-0.3, -0.25) is 0 Å². The third-order valence-corrected chi connectivity index (χ3v) is 6.59. The van der Waals surface area contributed by atoms with Crippen LogP contribution in [0.1, 0.15) is 31.2 Å². The maximum atomic E-state index is 13.9. The fourth-order valence-corrected chi connectivity index (χ4v) is 4.52. The average molecular weight is 381 g/mol. The second-order valence-electron chi connectivity index (χ2n) is 6.56. The number of benzene rings is 1. The zero-order valence-electron chi connectivity index (χ0n) is 13.6. The Labute approximate surface area is 148 Å². The fraction of sp³-hybridized carbons (Fsp3) is 0.625. The summed E-state index contributed by atoms with van der Waals surface area (Å²) in [6, 6.07) is 2.05. The Morgan fingerprint density at radius 1 is 1.12 bits per heavy atom. The van der Waals surface area contributed by atoms with Crippen LogP contribution < -0.4 is 5.32 Å². The summed E-state index contributed by atoms with van der Waals surface area (Å²) in [6.45, 7) is 3.16. The van der Waals surface area contributed by atoms with Gasteiger partial charge < -0.3 is 5.32 Å². The quantitative estimate of drug-likeness (QED) is 0.854. The Balaban J connectivity index is 0.00000208. The summed E-state index contributed by atoms with van der Waals surface area (Å²) in [5.41, 5.74) is 0.131. The van der Waals surface area contributed by atoms with Gasteiger partial charge in [-0.25, -0.2) is 17.2 Å². The number of aryl methyl sites for hydroxylation is 1. The molecule has 2 aliphatic rings. The van der Waals surface area contributed by atoms with Gasteiger partial charge in [0.15, 0.2) is 0 Å². The van der Waals surface area contributed by atoms with Gasteiger partial charge in [0.2, 0.25) is 10.0 Å². The first-order valence-corrected chi connectivity index (χ1v) is 9.51. The molecule has 1 heterocycles. The molecule has 0 aromatic heterocycles. The molecule has 1 N–H and O–H groups in total. The van der Waals surface area contributed by atoms with Gasteiger partial charge in [-0.1, -0.05) is 0 Å². The Bertz CT molecular complexity index is 688. The Morgan fingerprint density at radius 3 is 2.33 bits per heavy atom. The lowest BCUT2D eigenvalue weighted by atomic mass is 10.1. The standard InChI is InChI=1S/C16H22F2N2O2S.ClH/c1-11-8-16(15(18)9-14(11)17)23(21,22)20-6-4-13(5-7-20)19-10-12-2-3-12;/h8-9,12-13,19H,2-7,10H2,1H3;1H. The number of sulfonamides is 1. The third-order valence-electron chi connectivity index (χ3n) is 4.68. The molecule has 1 saturated heterocycles. The van der Waals surface area contributed by atoms with Crippen LogP contribution in [0, 0.1) is 24.5 Å². The molecule has 0 amide bonds. The normalized spacial score (nSPS) is 20.0. The van der Waals surface area contributed by atoms with Crippen LogP contribution in [0.15, 0.2) is 17.0 Å². The van der Waals surface area contributed by atoms with Crippen molar-refractivity contribution in [3.05, 3.63) is 29.3 Å². The van der Waals surface area contributed by atoms with Crippen molar-refractivity contribution in [3.63, 3.8) is 0 Å². The molecule has 4 nitrogen and oxygen atoms in total. The van der Waals surface area contributed by atoms with Crippen molar-refractivity contribution >= 4 is 22.4 Å². The predicted octanol–water partition coefficient (Wildman–Crippen LogP) is 2.85. The molecule has 0 atom stereocenters.